The van der Waals surface area contributed by atoms with Crippen molar-refractivity contribution in [1.82, 2.24) is 14.5 Å². The number of methoxy groups -OCH3 is 2. The zero-order valence-corrected chi connectivity index (χ0v) is 21.9. The molecule has 0 N–H and O–H groups in total. The average Bonchev–Trinajstić information content (AvgIpc) is 3.37. The maximum absolute atomic E-state index is 13.3. The first kappa shape index (κ1) is 25.0. The van der Waals surface area contributed by atoms with Crippen LogP contribution in [0.25, 0.3) is 11.3 Å². The minimum Gasteiger partial charge on any atom is -0.497 e. The largest absolute Gasteiger partial charge is 0.497 e. The van der Waals surface area contributed by atoms with E-state index in [1.807, 2.05) is 35.2 Å². The van der Waals surface area contributed by atoms with E-state index in [0.29, 0.717) is 62.2 Å². The average molecular weight is 524 g/mol. The minimum atomic E-state index is -3.64. The Morgan fingerprint density at radius 2 is 1.68 bits per heavy atom. The molecule has 1 saturated heterocycles. The highest BCUT2D eigenvalue weighted by atomic mass is 32.2. The molecule has 2 aromatic carbocycles. The fourth-order valence-electron chi connectivity index (χ4n) is 4.82. The van der Waals surface area contributed by atoms with E-state index < -0.39 is 10.0 Å². The number of hydrogen-bond acceptors (Lipinski definition) is 8. The Labute approximate surface area is 216 Å². The standard InChI is InChI=1S/C26H29N5O5S/c1-18(32)31-11-10-19-16-21(5-7-24(19)31)37(33,34)30-14-12-29(13-15-30)26-9-6-23(27-28-26)22-17-20(35-2)4-8-25(22)36-3/h4-9,16-17H,10-15H2,1-3H3. The van der Waals surface area contributed by atoms with Crippen molar-refractivity contribution in [1.29, 1.82) is 0 Å². The highest BCUT2D eigenvalue weighted by Gasteiger charge is 2.31. The van der Waals surface area contributed by atoms with Crippen molar-refractivity contribution in [3.05, 3.63) is 54.1 Å². The maximum Gasteiger partial charge on any atom is 0.243 e. The van der Waals surface area contributed by atoms with Gasteiger partial charge in [-0.25, -0.2) is 8.42 Å². The Bertz CT molecular complexity index is 1420. The SMILES string of the molecule is COc1ccc(OC)c(-c2ccc(N3CCN(S(=O)(=O)c4ccc5c(c4)CCN5C(C)=O)CC3)nn2)c1. The summed E-state index contributed by atoms with van der Waals surface area (Å²) in [6.07, 6.45) is 0.655. The number of sulfonamides is 1. The molecule has 0 radical (unpaired) electrons. The third-order valence-electron chi connectivity index (χ3n) is 6.86. The molecule has 3 aromatic rings. The van der Waals surface area contributed by atoms with Gasteiger partial charge in [-0.15, -0.1) is 10.2 Å². The monoisotopic (exact) mass is 523 g/mol. The second-order valence-corrected chi connectivity index (χ2v) is 10.9. The normalized spacial score (nSPS) is 16.0. The smallest absolute Gasteiger partial charge is 0.243 e. The van der Waals surface area contributed by atoms with Crippen LogP contribution in [-0.4, -0.2) is 75.8 Å². The Hall–Kier alpha value is -3.70. The summed E-state index contributed by atoms with van der Waals surface area (Å²) < 4.78 is 39.0. The number of anilines is 2. The fourth-order valence-corrected chi connectivity index (χ4v) is 6.30. The molecule has 0 unspecified atom stereocenters. The van der Waals surface area contributed by atoms with Crippen LogP contribution in [0.3, 0.4) is 0 Å². The molecule has 5 rings (SSSR count). The van der Waals surface area contributed by atoms with Crippen molar-refractivity contribution in [3.8, 4) is 22.8 Å². The van der Waals surface area contributed by atoms with E-state index in [1.165, 1.54) is 11.2 Å². The van der Waals surface area contributed by atoms with Crippen molar-refractivity contribution < 1.29 is 22.7 Å². The number of ether oxygens (including phenoxy) is 2. The van der Waals surface area contributed by atoms with Gasteiger partial charge in [-0.05, 0) is 60.5 Å². The van der Waals surface area contributed by atoms with Gasteiger partial charge in [-0.3, -0.25) is 4.79 Å². The number of aromatic nitrogens is 2. The summed E-state index contributed by atoms with van der Waals surface area (Å²) in [5, 5.41) is 8.78. The fraction of sp³-hybridized carbons (Fsp3) is 0.346. The molecule has 1 amide bonds. The molecular weight excluding hydrogens is 494 g/mol. The van der Waals surface area contributed by atoms with Crippen molar-refractivity contribution in [2.45, 2.75) is 18.2 Å². The molecule has 10 nitrogen and oxygen atoms in total. The number of amides is 1. The summed E-state index contributed by atoms with van der Waals surface area (Å²) in [5.74, 6) is 2.01. The molecule has 0 atom stereocenters. The van der Waals surface area contributed by atoms with Crippen LogP contribution in [0.15, 0.2) is 53.4 Å². The molecule has 2 aliphatic heterocycles. The number of carbonyl (C=O) groups excluding carboxylic acids is 1. The van der Waals surface area contributed by atoms with Crippen molar-refractivity contribution in [2.24, 2.45) is 0 Å². The molecule has 2 aliphatic rings. The summed E-state index contributed by atoms with van der Waals surface area (Å²) in [4.78, 5) is 15.8. The number of piperazine rings is 1. The third kappa shape index (κ3) is 4.72. The van der Waals surface area contributed by atoms with Gasteiger partial charge < -0.3 is 19.3 Å². The van der Waals surface area contributed by atoms with E-state index in [0.717, 1.165) is 16.8 Å². The first-order chi connectivity index (χ1) is 17.8. The summed E-state index contributed by atoms with van der Waals surface area (Å²) in [7, 11) is -0.437. The zero-order valence-electron chi connectivity index (χ0n) is 21.0. The van der Waals surface area contributed by atoms with Gasteiger partial charge in [0.2, 0.25) is 15.9 Å². The number of nitrogens with zero attached hydrogens (tertiary/aromatic N) is 5. The Kier molecular flexibility index (Phi) is 6.74. The van der Waals surface area contributed by atoms with Crippen molar-refractivity contribution in [2.75, 3.05) is 56.7 Å². The van der Waals surface area contributed by atoms with Gasteiger partial charge in [-0.1, -0.05) is 0 Å². The lowest BCUT2D eigenvalue weighted by molar-refractivity contribution is -0.116. The van der Waals surface area contributed by atoms with Crippen LogP contribution in [0.5, 0.6) is 11.5 Å². The highest BCUT2D eigenvalue weighted by Crippen LogP contribution is 2.33. The summed E-state index contributed by atoms with van der Waals surface area (Å²) in [6.45, 7) is 3.78. The van der Waals surface area contributed by atoms with Gasteiger partial charge in [0.1, 0.15) is 11.5 Å². The van der Waals surface area contributed by atoms with Gasteiger partial charge in [0, 0.05) is 50.9 Å². The molecule has 11 heteroatoms. The van der Waals surface area contributed by atoms with Gasteiger partial charge in [-0.2, -0.15) is 4.31 Å². The van der Waals surface area contributed by atoms with Crippen LogP contribution in [0, 0.1) is 0 Å². The topological polar surface area (TPSA) is 105 Å². The molecule has 194 valence electrons. The van der Waals surface area contributed by atoms with E-state index in [9.17, 15) is 13.2 Å². The van der Waals surface area contributed by atoms with Crippen LogP contribution in [0.4, 0.5) is 11.5 Å². The van der Waals surface area contributed by atoms with E-state index in [-0.39, 0.29) is 10.8 Å². The second kappa shape index (κ2) is 9.98. The second-order valence-electron chi connectivity index (χ2n) is 8.95. The molecule has 1 fully saturated rings. The molecule has 0 aliphatic carbocycles. The Morgan fingerprint density at radius 3 is 2.32 bits per heavy atom. The van der Waals surface area contributed by atoms with E-state index in [1.54, 1.807) is 37.3 Å². The molecule has 0 spiro atoms. The summed E-state index contributed by atoms with van der Waals surface area (Å²) in [6, 6.07) is 14.3. The Balaban J connectivity index is 1.27. The van der Waals surface area contributed by atoms with Gasteiger partial charge in [0.15, 0.2) is 5.82 Å². The van der Waals surface area contributed by atoms with E-state index in [2.05, 4.69) is 10.2 Å². The van der Waals surface area contributed by atoms with E-state index in [4.69, 9.17) is 9.47 Å². The molecule has 37 heavy (non-hydrogen) atoms. The number of fused-ring (bicyclic) bond motifs is 1. The molecular formula is C26H29N5O5S. The van der Waals surface area contributed by atoms with Crippen LogP contribution < -0.4 is 19.3 Å². The van der Waals surface area contributed by atoms with Gasteiger partial charge in [0.05, 0.1) is 24.8 Å². The highest BCUT2D eigenvalue weighted by molar-refractivity contribution is 7.89. The third-order valence-corrected chi connectivity index (χ3v) is 8.75. The maximum atomic E-state index is 13.3. The predicted octanol–water partition coefficient (Wildman–Crippen LogP) is 2.58. The molecule has 0 saturated carbocycles. The molecule has 1 aromatic heterocycles. The number of carbonyl (C=O) groups is 1. The number of hydrogen-bond donors (Lipinski definition) is 0. The van der Waals surface area contributed by atoms with Crippen molar-refractivity contribution in [3.63, 3.8) is 0 Å². The van der Waals surface area contributed by atoms with Crippen LogP contribution >= 0.6 is 0 Å². The van der Waals surface area contributed by atoms with Crippen molar-refractivity contribution >= 4 is 27.4 Å². The lowest BCUT2D eigenvalue weighted by atomic mass is 10.1. The zero-order chi connectivity index (χ0) is 26.2. The first-order valence-electron chi connectivity index (χ1n) is 12.0. The predicted molar refractivity (Wildman–Crippen MR) is 140 cm³/mol. The molecule has 0 bridgehead atoms. The van der Waals surface area contributed by atoms with Gasteiger partial charge in [0.25, 0.3) is 0 Å². The van der Waals surface area contributed by atoms with Gasteiger partial charge >= 0.3 is 0 Å². The number of benzene rings is 2. The molecule has 3 heterocycles. The van der Waals surface area contributed by atoms with Crippen LogP contribution in [0.1, 0.15) is 12.5 Å². The van der Waals surface area contributed by atoms with Crippen LogP contribution in [0.2, 0.25) is 0 Å². The first-order valence-corrected chi connectivity index (χ1v) is 13.5. The minimum absolute atomic E-state index is 0.0377. The quantitative estimate of drug-likeness (QED) is 0.486. The van der Waals surface area contributed by atoms with Crippen LogP contribution in [-0.2, 0) is 21.2 Å². The summed E-state index contributed by atoms with van der Waals surface area (Å²) in [5.41, 5.74) is 3.11. The lowest BCUT2D eigenvalue weighted by Gasteiger charge is -2.34. The Morgan fingerprint density at radius 1 is 0.892 bits per heavy atom. The number of rotatable bonds is 6. The van der Waals surface area contributed by atoms with E-state index >= 15 is 0 Å². The lowest BCUT2D eigenvalue weighted by Crippen LogP contribution is -2.49. The summed E-state index contributed by atoms with van der Waals surface area (Å²) >= 11 is 0.